The number of carboxylic acid groups (broad SMARTS) is 1. The van der Waals surface area contributed by atoms with Crippen LogP contribution in [-0.4, -0.2) is 22.9 Å². The maximum atomic E-state index is 12.4. The number of rotatable bonds is 6. The van der Waals surface area contributed by atoms with Crippen LogP contribution in [0, 0.1) is 5.92 Å². The third-order valence-electron chi connectivity index (χ3n) is 2.63. The van der Waals surface area contributed by atoms with E-state index < -0.39 is 17.6 Å². The topological polar surface area (TPSA) is 49.3 Å². The number of anilines is 1. The van der Waals surface area contributed by atoms with Gasteiger partial charge in [-0.1, -0.05) is 23.9 Å². The number of para-hydroxylation sites is 1. The van der Waals surface area contributed by atoms with Crippen LogP contribution in [0.4, 0.5) is 14.5 Å². The summed E-state index contributed by atoms with van der Waals surface area (Å²) in [5.74, 6) is -4.02. The van der Waals surface area contributed by atoms with Gasteiger partial charge in [0.15, 0.2) is 0 Å². The van der Waals surface area contributed by atoms with E-state index in [1.165, 1.54) is 0 Å². The van der Waals surface area contributed by atoms with Crippen molar-refractivity contribution in [1.82, 2.24) is 0 Å². The molecule has 0 aliphatic rings. The molecule has 6 heteroatoms. The lowest BCUT2D eigenvalue weighted by atomic mass is 10.0. The van der Waals surface area contributed by atoms with Crippen molar-refractivity contribution >= 4 is 23.4 Å². The standard InChI is InChI=1S/C12H15F2NO2S/c1-7(11(16)17)8(2)15-9-5-3-4-6-10(9)18-12(13)14/h3-8,12,15H,1-2H3,(H,16,17). The quantitative estimate of drug-likeness (QED) is 0.780. The Hall–Kier alpha value is -1.30. The molecular formula is C12H15F2NO2S. The van der Waals surface area contributed by atoms with Crippen molar-refractivity contribution in [3.8, 4) is 0 Å². The molecule has 2 atom stereocenters. The van der Waals surface area contributed by atoms with Crippen molar-refractivity contribution in [2.75, 3.05) is 5.32 Å². The van der Waals surface area contributed by atoms with Crippen molar-refractivity contribution in [2.45, 2.75) is 30.5 Å². The first-order valence-corrected chi connectivity index (χ1v) is 6.33. The zero-order valence-electron chi connectivity index (χ0n) is 10.1. The minimum Gasteiger partial charge on any atom is -0.481 e. The van der Waals surface area contributed by atoms with E-state index in [-0.39, 0.29) is 6.04 Å². The number of alkyl halides is 2. The molecule has 0 aliphatic carbocycles. The highest BCUT2D eigenvalue weighted by molar-refractivity contribution is 7.99. The van der Waals surface area contributed by atoms with Gasteiger partial charge < -0.3 is 10.4 Å². The zero-order valence-corrected chi connectivity index (χ0v) is 10.9. The van der Waals surface area contributed by atoms with E-state index in [2.05, 4.69) is 5.32 Å². The molecule has 0 saturated heterocycles. The molecule has 2 N–H and O–H groups in total. The highest BCUT2D eigenvalue weighted by Crippen LogP contribution is 2.32. The third-order valence-corrected chi connectivity index (χ3v) is 3.41. The van der Waals surface area contributed by atoms with Crippen LogP contribution in [-0.2, 0) is 4.79 Å². The molecule has 0 saturated carbocycles. The van der Waals surface area contributed by atoms with E-state index in [4.69, 9.17) is 5.11 Å². The Kier molecular flexibility index (Phi) is 5.40. The molecule has 1 rings (SSSR count). The lowest BCUT2D eigenvalue weighted by Crippen LogP contribution is -2.29. The average Bonchev–Trinajstić information content (AvgIpc) is 2.29. The zero-order chi connectivity index (χ0) is 13.7. The second-order valence-electron chi connectivity index (χ2n) is 3.93. The van der Waals surface area contributed by atoms with Gasteiger partial charge in [0, 0.05) is 16.6 Å². The molecule has 0 amide bonds. The summed E-state index contributed by atoms with van der Waals surface area (Å²) >= 11 is 0.444. The van der Waals surface area contributed by atoms with Gasteiger partial charge in [-0.05, 0) is 26.0 Å². The molecule has 0 fully saturated rings. The Morgan fingerprint density at radius 2 is 1.94 bits per heavy atom. The summed E-state index contributed by atoms with van der Waals surface area (Å²) in [5, 5.41) is 11.8. The summed E-state index contributed by atoms with van der Waals surface area (Å²) in [4.78, 5) is 11.2. The summed E-state index contributed by atoms with van der Waals surface area (Å²) in [6, 6.07) is 6.28. The van der Waals surface area contributed by atoms with Gasteiger partial charge in [-0.15, -0.1) is 0 Å². The highest BCUT2D eigenvalue weighted by atomic mass is 32.2. The van der Waals surface area contributed by atoms with E-state index in [1.807, 2.05) is 0 Å². The number of thioether (sulfide) groups is 1. The molecule has 0 heterocycles. The average molecular weight is 275 g/mol. The molecule has 0 bridgehead atoms. The summed E-state index contributed by atoms with van der Waals surface area (Å²) < 4.78 is 24.7. The largest absolute Gasteiger partial charge is 0.481 e. The molecule has 0 aromatic heterocycles. The van der Waals surface area contributed by atoms with Gasteiger partial charge in [0.2, 0.25) is 0 Å². The third kappa shape index (κ3) is 4.18. The molecule has 3 nitrogen and oxygen atoms in total. The van der Waals surface area contributed by atoms with Crippen LogP contribution in [0.5, 0.6) is 0 Å². The number of halogens is 2. The van der Waals surface area contributed by atoms with Gasteiger partial charge in [0.25, 0.3) is 5.76 Å². The second-order valence-corrected chi connectivity index (χ2v) is 4.97. The van der Waals surface area contributed by atoms with Crippen molar-refractivity contribution in [1.29, 1.82) is 0 Å². The van der Waals surface area contributed by atoms with Gasteiger partial charge in [-0.25, -0.2) is 0 Å². The first-order valence-electron chi connectivity index (χ1n) is 5.45. The number of aliphatic carboxylic acids is 1. The van der Waals surface area contributed by atoms with Crippen LogP contribution < -0.4 is 5.32 Å². The van der Waals surface area contributed by atoms with Crippen molar-refractivity contribution in [2.24, 2.45) is 5.92 Å². The van der Waals surface area contributed by atoms with Crippen molar-refractivity contribution < 1.29 is 18.7 Å². The fraction of sp³-hybridized carbons (Fsp3) is 0.417. The molecule has 100 valence electrons. The van der Waals surface area contributed by atoms with Crippen molar-refractivity contribution in [3.05, 3.63) is 24.3 Å². The maximum Gasteiger partial charge on any atom is 0.308 e. The molecule has 0 radical (unpaired) electrons. The molecule has 18 heavy (non-hydrogen) atoms. The normalized spacial score (nSPS) is 14.3. The van der Waals surface area contributed by atoms with Gasteiger partial charge in [-0.3, -0.25) is 4.79 Å². The minimum absolute atomic E-state index is 0.345. The number of carboxylic acids is 1. The smallest absolute Gasteiger partial charge is 0.308 e. The first-order chi connectivity index (χ1) is 8.41. The van der Waals surface area contributed by atoms with Crippen LogP contribution >= 0.6 is 11.8 Å². The van der Waals surface area contributed by atoms with Crippen LogP contribution in [0.2, 0.25) is 0 Å². The number of benzene rings is 1. The lowest BCUT2D eigenvalue weighted by Gasteiger charge is -2.20. The van der Waals surface area contributed by atoms with E-state index in [1.54, 1.807) is 38.1 Å². The number of carbonyl (C=O) groups is 1. The predicted octanol–water partition coefficient (Wildman–Crippen LogP) is 3.52. The van der Waals surface area contributed by atoms with E-state index in [0.717, 1.165) is 0 Å². The Balaban J connectivity index is 2.80. The first kappa shape index (κ1) is 14.8. The Morgan fingerprint density at radius 3 is 2.50 bits per heavy atom. The molecule has 0 spiro atoms. The molecule has 1 aromatic carbocycles. The molecular weight excluding hydrogens is 260 g/mol. The highest BCUT2D eigenvalue weighted by Gasteiger charge is 2.20. The second kappa shape index (κ2) is 6.58. The molecule has 2 unspecified atom stereocenters. The van der Waals surface area contributed by atoms with E-state index >= 15 is 0 Å². The SMILES string of the molecule is CC(Nc1ccccc1SC(F)F)C(C)C(=O)O. The summed E-state index contributed by atoms with van der Waals surface area (Å²) in [5.41, 5.74) is 0.531. The molecule has 0 aliphatic heterocycles. The van der Waals surface area contributed by atoms with E-state index in [9.17, 15) is 13.6 Å². The monoisotopic (exact) mass is 275 g/mol. The molecule has 1 aromatic rings. The predicted molar refractivity (Wildman–Crippen MR) is 68.2 cm³/mol. The van der Waals surface area contributed by atoms with Crippen molar-refractivity contribution in [3.63, 3.8) is 0 Å². The van der Waals surface area contributed by atoms with Gasteiger partial charge in [-0.2, -0.15) is 8.78 Å². The fourth-order valence-corrected chi connectivity index (χ4v) is 1.97. The van der Waals surface area contributed by atoms with Crippen LogP contribution in [0.3, 0.4) is 0 Å². The van der Waals surface area contributed by atoms with Gasteiger partial charge in [0.05, 0.1) is 5.92 Å². The number of nitrogens with one attached hydrogen (secondary N) is 1. The van der Waals surface area contributed by atoms with Crippen LogP contribution in [0.25, 0.3) is 0 Å². The Bertz CT molecular complexity index is 415. The fourth-order valence-electron chi connectivity index (χ4n) is 1.37. The van der Waals surface area contributed by atoms with Crippen LogP contribution in [0.15, 0.2) is 29.2 Å². The number of hydrogen-bond acceptors (Lipinski definition) is 3. The Morgan fingerprint density at radius 1 is 1.33 bits per heavy atom. The minimum atomic E-state index is -2.50. The number of hydrogen-bond donors (Lipinski definition) is 2. The summed E-state index contributed by atoms with van der Waals surface area (Å²) in [6.45, 7) is 3.28. The summed E-state index contributed by atoms with van der Waals surface area (Å²) in [6.07, 6.45) is 0. The summed E-state index contributed by atoms with van der Waals surface area (Å²) in [7, 11) is 0. The van der Waals surface area contributed by atoms with Gasteiger partial charge >= 0.3 is 5.97 Å². The van der Waals surface area contributed by atoms with Crippen LogP contribution in [0.1, 0.15) is 13.8 Å². The maximum absolute atomic E-state index is 12.4. The Labute approximate surface area is 109 Å². The lowest BCUT2D eigenvalue weighted by molar-refractivity contribution is -0.141. The van der Waals surface area contributed by atoms with Gasteiger partial charge in [0.1, 0.15) is 0 Å². The van der Waals surface area contributed by atoms with E-state index in [0.29, 0.717) is 22.3 Å².